The molecule has 152 valence electrons. The molecule has 5 nitrogen and oxygen atoms in total. The van der Waals surface area contributed by atoms with E-state index in [1.807, 2.05) is 44.2 Å². The normalized spacial score (nSPS) is 10.7. The van der Waals surface area contributed by atoms with Gasteiger partial charge in [-0.3, -0.25) is 9.59 Å². The predicted octanol–water partition coefficient (Wildman–Crippen LogP) is 4.20. The van der Waals surface area contributed by atoms with Gasteiger partial charge in [-0.1, -0.05) is 50.6 Å². The van der Waals surface area contributed by atoms with Gasteiger partial charge in [0.25, 0.3) is 0 Å². The van der Waals surface area contributed by atoms with Crippen molar-refractivity contribution in [2.75, 3.05) is 19.6 Å². The minimum Gasteiger partial charge on any atom is -0.464 e. The molecule has 0 spiro atoms. The number of benzene rings is 1. The smallest absolute Gasteiger partial charge is 0.242 e. The van der Waals surface area contributed by atoms with Gasteiger partial charge in [0.1, 0.15) is 11.5 Å². The van der Waals surface area contributed by atoms with Crippen molar-refractivity contribution < 1.29 is 14.0 Å². The fourth-order valence-electron chi connectivity index (χ4n) is 3.09. The lowest BCUT2D eigenvalue weighted by molar-refractivity contribution is -0.141. The first-order valence-electron chi connectivity index (χ1n) is 10.2. The zero-order chi connectivity index (χ0) is 20.4. The van der Waals surface area contributed by atoms with Crippen LogP contribution < -0.4 is 0 Å². The molecule has 0 aliphatic carbocycles. The molecular weight excluding hydrogens is 352 g/mol. The Kier molecular flexibility index (Phi) is 8.79. The summed E-state index contributed by atoms with van der Waals surface area (Å²) >= 11 is 0. The molecule has 0 saturated heterocycles. The number of carbonyl (C=O) groups excluding carboxylic acids is 2. The molecule has 0 bridgehead atoms. The molecule has 28 heavy (non-hydrogen) atoms. The predicted molar refractivity (Wildman–Crippen MR) is 111 cm³/mol. The van der Waals surface area contributed by atoms with Gasteiger partial charge in [0.2, 0.25) is 11.8 Å². The average Bonchev–Trinajstić information content (AvgIpc) is 3.13. The Hall–Kier alpha value is -2.56. The standard InChI is InChI=1S/C23H32N2O3/c1-4-6-15-24(22(26)5-2)18-23(27)25(17-21-13-12-19(3)28-21)16-14-20-10-8-7-9-11-20/h7-13H,4-6,14-18H2,1-3H3. The summed E-state index contributed by atoms with van der Waals surface area (Å²) in [6.07, 6.45) is 3.08. The summed E-state index contributed by atoms with van der Waals surface area (Å²) in [5.74, 6) is 1.58. The molecule has 5 heteroatoms. The molecule has 2 rings (SSSR count). The minimum atomic E-state index is -0.0390. The third-order valence-corrected chi connectivity index (χ3v) is 4.77. The highest BCUT2D eigenvalue weighted by molar-refractivity contribution is 5.84. The number of hydrogen-bond acceptors (Lipinski definition) is 3. The van der Waals surface area contributed by atoms with Gasteiger partial charge in [0.05, 0.1) is 13.1 Å². The maximum Gasteiger partial charge on any atom is 0.242 e. The van der Waals surface area contributed by atoms with Crippen molar-refractivity contribution in [3.05, 3.63) is 59.5 Å². The minimum absolute atomic E-state index is 0.0265. The number of amides is 2. The highest BCUT2D eigenvalue weighted by atomic mass is 16.3. The molecular formula is C23H32N2O3. The second-order valence-electron chi connectivity index (χ2n) is 7.09. The third-order valence-electron chi connectivity index (χ3n) is 4.77. The lowest BCUT2D eigenvalue weighted by atomic mass is 10.1. The molecule has 2 amide bonds. The van der Waals surface area contributed by atoms with Gasteiger partial charge < -0.3 is 14.2 Å². The van der Waals surface area contributed by atoms with E-state index in [0.717, 1.165) is 30.8 Å². The number of carbonyl (C=O) groups is 2. The fourth-order valence-corrected chi connectivity index (χ4v) is 3.09. The van der Waals surface area contributed by atoms with Crippen molar-refractivity contribution >= 4 is 11.8 Å². The second kappa shape index (κ2) is 11.3. The van der Waals surface area contributed by atoms with E-state index >= 15 is 0 Å². The molecule has 2 aromatic rings. The van der Waals surface area contributed by atoms with E-state index in [2.05, 4.69) is 19.1 Å². The van der Waals surface area contributed by atoms with Gasteiger partial charge in [-0.05, 0) is 37.5 Å². The number of hydrogen-bond donors (Lipinski definition) is 0. The molecule has 0 unspecified atom stereocenters. The van der Waals surface area contributed by atoms with Crippen molar-refractivity contribution in [2.24, 2.45) is 0 Å². The molecule has 0 aliphatic rings. The Labute approximate surface area is 168 Å². The van der Waals surface area contributed by atoms with Crippen LogP contribution in [0, 0.1) is 6.92 Å². The van der Waals surface area contributed by atoms with Gasteiger partial charge in [-0.15, -0.1) is 0 Å². The van der Waals surface area contributed by atoms with E-state index in [0.29, 0.717) is 26.1 Å². The molecule has 0 atom stereocenters. The van der Waals surface area contributed by atoms with Crippen molar-refractivity contribution in [2.45, 2.75) is 53.0 Å². The van der Waals surface area contributed by atoms with Gasteiger partial charge in [-0.2, -0.15) is 0 Å². The maximum absolute atomic E-state index is 13.1. The summed E-state index contributed by atoms with van der Waals surface area (Å²) in [4.78, 5) is 28.8. The summed E-state index contributed by atoms with van der Waals surface area (Å²) in [6, 6.07) is 13.9. The van der Waals surface area contributed by atoms with Crippen LogP contribution in [0.1, 0.15) is 50.2 Å². The lowest BCUT2D eigenvalue weighted by Crippen LogP contribution is -2.43. The number of nitrogens with zero attached hydrogens (tertiary/aromatic N) is 2. The Balaban J connectivity index is 2.08. The van der Waals surface area contributed by atoms with E-state index in [-0.39, 0.29) is 18.4 Å². The highest BCUT2D eigenvalue weighted by Gasteiger charge is 2.21. The SMILES string of the molecule is CCCCN(CC(=O)N(CCc1ccccc1)Cc1ccc(C)o1)C(=O)CC. The maximum atomic E-state index is 13.1. The van der Waals surface area contributed by atoms with Crippen LogP contribution in [0.2, 0.25) is 0 Å². The van der Waals surface area contributed by atoms with Crippen LogP contribution in [0.4, 0.5) is 0 Å². The average molecular weight is 385 g/mol. The monoisotopic (exact) mass is 384 g/mol. The molecule has 0 radical (unpaired) electrons. The van der Waals surface area contributed by atoms with E-state index in [9.17, 15) is 9.59 Å². The summed E-state index contributed by atoms with van der Waals surface area (Å²) in [7, 11) is 0. The van der Waals surface area contributed by atoms with E-state index in [4.69, 9.17) is 4.42 Å². The topological polar surface area (TPSA) is 53.8 Å². The van der Waals surface area contributed by atoms with Crippen LogP contribution in [-0.4, -0.2) is 41.2 Å². The molecule has 1 aromatic carbocycles. The molecule has 0 aliphatic heterocycles. The third kappa shape index (κ3) is 6.87. The molecule has 1 aromatic heterocycles. The first kappa shape index (κ1) is 21.7. The van der Waals surface area contributed by atoms with Gasteiger partial charge in [0, 0.05) is 19.5 Å². The van der Waals surface area contributed by atoms with Crippen LogP contribution in [0.25, 0.3) is 0 Å². The van der Waals surface area contributed by atoms with Crippen molar-refractivity contribution in [3.63, 3.8) is 0 Å². The van der Waals surface area contributed by atoms with E-state index in [1.165, 1.54) is 5.56 Å². The Morgan fingerprint density at radius 1 is 0.929 bits per heavy atom. The van der Waals surface area contributed by atoms with Gasteiger partial charge in [0.15, 0.2) is 0 Å². The summed E-state index contributed by atoms with van der Waals surface area (Å²) in [5.41, 5.74) is 1.18. The number of furan rings is 1. The fraction of sp³-hybridized carbons (Fsp3) is 0.478. The molecule has 0 N–H and O–H groups in total. The number of unbranched alkanes of at least 4 members (excludes halogenated alkanes) is 1. The molecule has 0 saturated carbocycles. The van der Waals surface area contributed by atoms with Crippen molar-refractivity contribution in [3.8, 4) is 0 Å². The van der Waals surface area contributed by atoms with Crippen molar-refractivity contribution in [1.82, 2.24) is 9.80 Å². The summed E-state index contributed by atoms with van der Waals surface area (Å²) in [5, 5.41) is 0. The zero-order valence-corrected chi connectivity index (χ0v) is 17.3. The first-order chi connectivity index (χ1) is 13.5. The van der Waals surface area contributed by atoms with E-state index in [1.54, 1.807) is 9.80 Å². The Morgan fingerprint density at radius 3 is 2.29 bits per heavy atom. The Bertz CT molecular complexity index is 739. The second-order valence-corrected chi connectivity index (χ2v) is 7.09. The lowest BCUT2D eigenvalue weighted by Gasteiger charge is -2.27. The van der Waals surface area contributed by atoms with Crippen molar-refractivity contribution in [1.29, 1.82) is 0 Å². The van der Waals surface area contributed by atoms with Crippen LogP contribution in [-0.2, 0) is 22.6 Å². The van der Waals surface area contributed by atoms with Crippen LogP contribution >= 0.6 is 0 Å². The van der Waals surface area contributed by atoms with E-state index < -0.39 is 0 Å². The zero-order valence-electron chi connectivity index (χ0n) is 17.3. The molecule has 1 heterocycles. The van der Waals surface area contributed by atoms with Gasteiger partial charge in [-0.25, -0.2) is 0 Å². The Morgan fingerprint density at radius 2 is 1.68 bits per heavy atom. The summed E-state index contributed by atoms with van der Waals surface area (Å²) < 4.78 is 5.68. The summed E-state index contributed by atoms with van der Waals surface area (Å²) in [6.45, 7) is 7.58. The number of aryl methyl sites for hydroxylation is 1. The van der Waals surface area contributed by atoms with Crippen LogP contribution in [0.3, 0.4) is 0 Å². The largest absolute Gasteiger partial charge is 0.464 e. The van der Waals surface area contributed by atoms with Crippen LogP contribution in [0.15, 0.2) is 46.9 Å². The number of rotatable bonds is 11. The molecule has 0 fully saturated rings. The quantitative estimate of drug-likeness (QED) is 0.583. The van der Waals surface area contributed by atoms with Gasteiger partial charge >= 0.3 is 0 Å². The first-order valence-corrected chi connectivity index (χ1v) is 10.2. The van der Waals surface area contributed by atoms with Crippen LogP contribution in [0.5, 0.6) is 0 Å². The highest BCUT2D eigenvalue weighted by Crippen LogP contribution is 2.12.